The minimum Gasteiger partial charge on any atom is -0.381 e. The van der Waals surface area contributed by atoms with Gasteiger partial charge in [-0.3, -0.25) is 0 Å². The van der Waals surface area contributed by atoms with E-state index in [0.717, 1.165) is 32.3 Å². The molecule has 2 fully saturated rings. The second-order valence-electron chi connectivity index (χ2n) is 7.76. The lowest BCUT2D eigenvalue weighted by Crippen LogP contribution is -2.57. The lowest BCUT2D eigenvalue weighted by atomic mass is 9.85. The van der Waals surface area contributed by atoms with Crippen LogP contribution in [0, 0.1) is 17.8 Å². The summed E-state index contributed by atoms with van der Waals surface area (Å²) in [6.07, 6.45) is 9.14. The van der Waals surface area contributed by atoms with Crippen LogP contribution in [0.15, 0.2) is 0 Å². The molecule has 22 heavy (non-hydrogen) atoms. The van der Waals surface area contributed by atoms with Gasteiger partial charge in [0.05, 0.1) is 8.07 Å². The first kappa shape index (κ1) is 18.0. The van der Waals surface area contributed by atoms with E-state index in [1.807, 2.05) is 0 Å². The molecule has 1 heterocycles. The first-order valence-corrected chi connectivity index (χ1v) is 12.4. The highest BCUT2D eigenvalue weighted by atomic mass is 28.3. The summed E-state index contributed by atoms with van der Waals surface area (Å²) >= 11 is 0. The molecule has 0 aromatic carbocycles. The van der Waals surface area contributed by atoms with Crippen LogP contribution >= 0.6 is 0 Å². The Morgan fingerprint density at radius 2 is 1.77 bits per heavy atom. The van der Waals surface area contributed by atoms with Gasteiger partial charge in [0.1, 0.15) is 11.8 Å². The molecule has 1 N–H and O–H groups in total. The molecule has 2 unspecified atom stereocenters. The predicted octanol–water partition coefficient (Wildman–Crippen LogP) is 3.72. The molecular formula is C18H32O3Si. The maximum Gasteiger partial charge on any atom is 0.158 e. The van der Waals surface area contributed by atoms with Crippen molar-refractivity contribution in [2.75, 3.05) is 13.2 Å². The van der Waals surface area contributed by atoms with E-state index >= 15 is 0 Å². The molecule has 2 aliphatic rings. The Hall–Kier alpha value is -0.343. The van der Waals surface area contributed by atoms with Crippen molar-refractivity contribution < 1.29 is 14.6 Å². The molecule has 3 nitrogen and oxygen atoms in total. The van der Waals surface area contributed by atoms with Crippen molar-refractivity contribution in [1.82, 2.24) is 0 Å². The van der Waals surface area contributed by atoms with Gasteiger partial charge < -0.3 is 14.6 Å². The van der Waals surface area contributed by atoms with Gasteiger partial charge in [-0.25, -0.2) is 0 Å². The SMILES string of the molecule is C[Si](C)(C)C(O)(C#CCOC1CCCCO1)C1CCCCC1. The molecule has 1 aliphatic heterocycles. The summed E-state index contributed by atoms with van der Waals surface area (Å²) in [5.74, 6) is 6.68. The van der Waals surface area contributed by atoms with Gasteiger partial charge in [-0.05, 0) is 38.0 Å². The van der Waals surface area contributed by atoms with Crippen molar-refractivity contribution in [1.29, 1.82) is 0 Å². The van der Waals surface area contributed by atoms with E-state index in [-0.39, 0.29) is 6.29 Å². The number of hydrogen-bond donors (Lipinski definition) is 1. The van der Waals surface area contributed by atoms with E-state index in [1.54, 1.807) is 0 Å². The van der Waals surface area contributed by atoms with Crippen molar-refractivity contribution in [3.05, 3.63) is 0 Å². The minimum atomic E-state index is -1.79. The third kappa shape index (κ3) is 4.58. The zero-order valence-electron chi connectivity index (χ0n) is 14.5. The molecule has 2 rings (SSSR count). The maximum atomic E-state index is 11.3. The molecule has 1 aliphatic carbocycles. The van der Waals surface area contributed by atoms with E-state index in [9.17, 15) is 5.11 Å². The van der Waals surface area contributed by atoms with Crippen LogP contribution in [0.25, 0.3) is 0 Å². The second-order valence-corrected chi connectivity index (χ2v) is 13.0. The molecule has 4 heteroatoms. The quantitative estimate of drug-likeness (QED) is 0.633. The Morgan fingerprint density at radius 3 is 2.36 bits per heavy atom. The Morgan fingerprint density at radius 1 is 1.09 bits per heavy atom. The predicted molar refractivity (Wildman–Crippen MR) is 92.2 cm³/mol. The van der Waals surface area contributed by atoms with Gasteiger partial charge in [-0.2, -0.15) is 0 Å². The van der Waals surface area contributed by atoms with E-state index in [1.165, 1.54) is 25.7 Å². The summed E-state index contributed by atoms with van der Waals surface area (Å²) in [6.45, 7) is 7.83. The lowest BCUT2D eigenvalue weighted by molar-refractivity contribution is -0.154. The summed E-state index contributed by atoms with van der Waals surface area (Å²) in [6, 6.07) is 0. The maximum absolute atomic E-state index is 11.3. The number of rotatable bonds is 4. The Balaban J connectivity index is 1.96. The van der Waals surface area contributed by atoms with Gasteiger partial charge in [-0.15, -0.1) is 0 Å². The summed E-state index contributed by atoms with van der Waals surface area (Å²) in [5, 5.41) is 10.5. The number of ether oxygens (including phenoxy) is 2. The van der Waals surface area contributed by atoms with E-state index < -0.39 is 13.3 Å². The average Bonchev–Trinajstić information content (AvgIpc) is 2.52. The topological polar surface area (TPSA) is 38.7 Å². The molecular weight excluding hydrogens is 292 g/mol. The fourth-order valence-corrected chi connectivity index (χ4v) is 5.55. The van der Waals surface area contributed by atoms with Gasteiger partial charge in [-0.1, -0.05) is 50.7 Å². The van der Waals surface area contributed by atoms with E-state index in [2.05, 4.69) is 31.5 Å². The summed E-state index contributed by atoms with van der Waals surface area (Å²) < 4.78 is 11.2. The zero-order valence-corrected chi connectivity index (χ0v) is 15.5. The first-order chi connectivity index (χ1) is 10.4. The van der Waals surface area contributed by atoms with Gasteiger partial charge in [0.2, 0.25) is 0 Å². The molecule has 0 amide bonds. The van der Waals surface area contributed by atoms with Crippen LogP contribution in [0.5, 0.6) is 0 Å². The molecule has 2 atom stereocenters. The van der Waals surface area contributed by atoms with Crippen LogP contribution in [0.2, 0.25) is 19.6 Å². The van der Waals surface area contributed by atoms with E-state index in [4.69, 9.17) is 9.47 Å². The molecule has 1 saturated carbocycles. The fraction of sp³-hybridized carbons (Fsp3) is 0.889. The highest BCUT2D eigenvalue weighted by Gasteiger charge is 2.46. The van der Waals surface area contributed by atoms with Crippen molar-refractivity contribution in [3.63, 3.8) is 0 Å². The summed E-state index contributed by atoms with van der Waals surface area (Å²) in [7, 11) is -1.79. The highest BCUT2D eigenvalue weighted by Crippen LogP contribution is 2.38. The Labute approximate surface area is 136 Å². The third-order valence-electron chi connectivity index (χ3n) is 5.10. The molecule has 0 aromatic heterocycles. The monoisotopic (exact) mass is 324 g/mol. The molecule has 0 aromatic rings. The molecule has 0 radical (unpaired) electrons. The van der Waals surface area contributed by atoms with Crippen molar-refractivity contribution >= 4 is 8.07 Å². The summed E-state index contributed by atoms with van der Waals surface area (Å²) in [5.41, 5.74) is 0. The Bertz CT molecular complexity index is 395. The van der Waals surface area contributed by atoms with Crippen LogP contribution in [0.1, 0.15) is 51.4 Å². The van der Waals surface area contributed by atoms with Gasteiger partial charge >= 0.3 is 0 Å². The van der Waals surface area contributed by atoms with Crippen LogP contribution in [-0.4, -0.2) is 37.9 Å². The fourth-order valence-electron chi connectivity index (χ4n) is 3.57. The van der Waals surface area contributed by atoms with E-state index in [0.29, 0.717) is 12.5 Å². The van der Waals surface area contributed by atoms with Crippen LogP contribution < -0.4 is 0 Å². The first-order valence-electron chi connectivity index (χ1n) is 8.89. The molecule has 0 bridgehead atoms. The van der Waals surface area contributed by atoms with Crippen LogP contribution in [0.3, 0.4) is 0 Å². The van der Waals surface area contributed by atoms with Crippen LogP contribution in [0.4, 0.5) is 0 Å². The lowest BCUT2D eigenvalue weighted by Gasteiger charge is -2.42. The largest absolute Gasteiger partial charge is 0.381 e. The van der Waals surface area contributed by atoms with Gasteiger partial charge in [0.15, 0.2) is 6.29 Å². The van der Waals surface area contributed by atoms with Gasteiger partial charge in [0.25, 0.3) is 0 Å². The van der Waals surface area contributed by atoms with Crippen LogP contribution in [-0.2, 0) is 9.47 Å². The molecule has 1 saturated heterocycles. The summed E-state index contributed by atoms with van der Waals surface area (Å²) in [4.78, 5) is 0. The average molecular weight is 325 g/mol. The smallest absolute Gasteiger partial charge is 0.158 e. The van der Waals surface area contributed by atoms with Crippen molar-refractivity contribution in [2.45, 2.75) is 82.5 Å². The third-order valence-corrected chi connectivity index (χ3v) is 7.92. The molecule has 126 valence electrons. The number of hydrogen-bond acceptors (Lipinski definition) is 3. The van der Waals surface area contributed by atoms with Crippen molar-refractivity contribution in [3.8, 4) is 11.8 Å². The molecule has 0 spiro atoms. The Kier molecular flexibility index (Phi) is 6.52. The normalized spacial score (nSPS) is 26.8. The number of aliphatic hydroxyl groups is 1. The zero-order chi connectivity index (χ0) is 16.1. The van der Waals surface area contributed by atoms with Gasteiger partial charge in [0, 0.05) is 6.61 Å². The highest BCUT2D eigenvalue weighted by molar-refractivity contribution is 6.79. The standard InChI is InChI=1S/C18H32O3Si/c1-22(2,3)18(19,16-10-5-4-6-11-16)13-9-15-21-17-12-7-8-14-20-17/h16-17,19H,4-8,10-12,14-15H2,1-3H3. The second kappa shape index (κ2) is 7.96. The van der Waals surface area contributed by atoms with Crippen molar-refractivity contribution in [2.24, 2.45) is 5.92 Å². The minimum absolute atomic E-state index is 0.0993.